The molecule has 20 heavy (non-hydrogen) atoms. The summed E-state index contributed by atoms with van der Waals surface area (Å²) in [4.78, 5) is 24.8. The molecule has 0 aliphatic carbocycles. The van der Waals surface area contributed by atoms with Crippen LogP contribution in [0.15, 0.2) is 0 Å². The van der Waals surface area contributed by atoms with E-state index in [2.05, 4.69) is 20.8 Å². The van der Waals surface area contributed by atoms with Gasteiger partial charge in [0.15, 0.2) is 0 Å². The van der Waals surface area contributed by atoms with Crippen LogP contribution in [0.2, 0.25) is 0 Å². The molecule has 3 amide bonds. The molecule has 0 saturated carbocycles. The zero-order valence-electron chi connectivity index (χ0n) is 11.7. The number of anilines is 1. The van der Waals surface area contributed by atoms with Crippen LogP contribution in [0.3, 0.4) is 0 Å². The van der Waals surface area contributed by atoms with Crippen LogP contribution in [0, 0.1) is 0 Å². The third-order valence-electron chi connectivity index (χ3n) is 3.27. The maximum Gasteiger partial charge on any atom is 0.321 e. The summed E-state index contributed by atoms with van der Waals surface area (Å²) in [5, 5.41) is 14.9. The number of rotatable bonds is 3. The monoisotopic (exact) mass is 297 g/mol. The van der Waals surface area contributed by atoms with Crippen molar-refractivity contribution < 1.29 is 9.59 Å². The van der Waals surface area contributed by atoms with Gasteiger partial charge in [-0.3, -0.25) is 10.1 Å². The van der Waals surface area contributed by atoms with Crippen molar-refractivity contribution in [1.82, 2.24) is 20.4 Å². The molecule has 1 aliphatic rings. The molecule has 8 heteroatoms. The molecule has 1 saturated heterocycles. The Labute approximate surface area is 121 Å². The Kier molecular flexibility index (Phi) is 4.89. The van der Waals surface area contributed by atoms with E-state index >= 15 is 0 Å². The average molecular weight is 297 g/mol. The molecule has 0 aromatic carbocycles. The zero-order chi connectivity index (χ0) is 14.5. The minimum atomic E-state index is -0.259. The van der Waals surface area contributed by atoms with E-state index in [0.717, 1.165) is 24.3 Å². The minimum absolute atomic E-state index is 0.0915. The van der Waals surface area contributed by atoms with Crippen molar-refractivity contribution in [2.45, 2.75) is 39.2 Å². The molecule has 2 rings (SSSR count). The van der Waals surface area contributed by atoms with Crippen molar-refractivity contribution in [2.24, 2.45) is 0 Å². The smallest absolute Gasteiger partial charge is 0.321 e. The first-order chi connectivity index (χ1) is 9.58. The first-order valence-corrected chi connectivity index (χ1v) is 7.55. The van der Waals surface area contributed by atoms with Gasteiger partial charge in [0.1, 0.15) is 5.01 Å². The maximum absolute atomic E-state index is 11.8. The summed E-state index contributed by atoms with van der Waals surface area (Å²) in [5.41, 5.74) is 0. The van der Waals surface area contributed by atoms with Gasteiger partial charge in [-0.1, -0.05) is 18.3 Å². The number of nitrogens with zero attached hydrogens (tertiary/aromatic N) is 3. The summed E-state index contributed by atoms with van der Waals surface area (Å²) >= 11 is 1.38. The normalized spacial score (nSPS) is 16.0. The fourth-order valence-electron chi connectivity index (χ4n) is 2.10. The van der Waals surface area contributed by atoms with E-state index in [1.54, 1.807) is 11.8 Å². The minimum Gasteiger partial charge on any atom is -0.343 e. The lowest BCUT2D eigenvalue weighted by atomic mass is 10.1. The highest BCUT2D eigenvalue weighted by Crippen LogP contribution is 2.15. The van der Waals surface area contributed by atoms with E-state index in [1.807, 2.05) is 6.92 Å². The first-order valence-electron chi connectivity index (χ1n) is 6.74. The number of aromatic nitrogens is 2. The molecule has 1 aromatic heterocycles. The lowest BCUT2D eigenvalue weighted by Crippen LogP contribution is -2.47. The maximum atomic E-state index is 11.8. The second kappa shape index (κ2) is 6.65. The lowest BCUT2D eigenvalue weighted by molar-refractivity contribution is -0.129. The number of carbonyl (C=O) groups is 2. The fourth-order valence-corrected chi connectivity index (χ4v) is 2.78. The Morgan fingerprint density at radius 2 is 2.05 bits per heavy atom. The van der Waals surface area contributed by atoms with Gasteiger partial charge in [-0.2, -0.15) is 0 Å². The van der Waals surface area contributed by atoms with Crippen molar-refractivity contribution in [1.29, 1.82) is 0 Å². The molecule has 2 N–H and O–H groups in total. The van der Waals surface area contributed by atoms with Gasteiger partial charge in [0.2, 0.25) is 11.0 Å². The Bertz CT molecular complexity index is 482. The van der Waals surface area contributed by atoms with E-state index in [1.165, 1.54) is 11.3 Å². The Balaban J connectivity index is 1.76. The van der Waals surface area contributed by atoms with Gasteiger partial charge in [-0.15, -0.1) is 10.2 Å². The Hall–Kier alpha value is -1.70. The molecular formula is C12H19N5O2S. The van der Waals surface area contributed by atoms with Crippen LogP contribution in [0.1, 0.15) is 31.7 Å². The van der Waals surface area contributed by atoms with Gasteiger partial charge >= 0.3 is 6.03 Å². The number of aryl methyl sites for hydroxylation is 1. The van der Waals surface area contributed by atoms with Crippen LogP contribution >= 0.6 is 11.3 Å². The fraction of sp³-hybridized carbons (Fsp3) is 0.667. The highest BCUT2D eigenvalue weighted by molar-refractivity contribution is 7.15. The second-order valence-electron chi connectivity index (χ2n) is 4.73. The number of piperidine rings is 1. The van der Waals surface area contributed by atoms with E-state index in [-0.39, 0.29) is 18.0 Å². The quantitative estimate of drug-likeness (QED) is 0.878. The molecule has 1 aliphatic heterocycles. The van der Waals surface area contributed by atoms with Crippen LogP contribution in [-0.4, -0.2) is 46.2 Å². The number of amides is 3. The van der Waals surface area contributed by atoms with E-state index in [0.29, 0.717) is 18.2 Å². The highest BCUT2D eigenvalue weighted by Gasteiger charge is 2.22. The summed E-state index contributed by atoms with van der Waals surface area (Å²) in [6.45, 7) is 4.95. The predicted molar refractivity (Wildman–Crippen MR) is 76.7 cm³/mol. The molecule has 0 spiro atoms. The van der Waals surface area contributed by atoms with Crippen molar-refractivity contribution in [2.75, 3.05) is 18.4 Å². The Morgan fingerprint density at radius 3 is 2.60 bits per heavy atom. The summed E-state index contributed by atoms with van der Waals surface area (Å²) in [6, 6.07) is -0.158. The number of hydrogen-bond acceptors (Lipinski definition) is 5. The largest absolute Gasteiger partial charge is 0.343 e. The van der Waals surface area contributed by atoms with E-state index in [9.17, 15) is 9.59 Å². The molecular weight excluding hydrogens is 278 g/mol. The summed E-state index contributed by atoms with van der Waals surface area (Å²) < 4.78 is 0. The number of likely N-dealkylation sites (tertiary alicyclic amines) is 1. The third kappa shape index (κ3) is 3.89. The number of urea groups is 1. The molecule has 0 unspecified atom stereocenters. The SMILES string of the molecule is CCc1nnc(NC(=O)NC2CCN(C(C)=O)CC2)s1. The molecule has 2 heterocycles. The molecule has 0 atom stereocenters. The molecule has 1 aromatic rings. The Morgan fingerprint density at radius 1 is 1.35 bits per heavy atom. The molecule has 0 radical (unpaired) electrons. The van der Waals surface area contributed by atoms with Gasteiger partial charge < -0.3 is 10.2 Å². The first kappa shape index (κ1) is 14.7. The van der Waals surface area contributed by atoms with Crippen LogP contribution in [0.4, 0.5) is 9.93 Å². The van der Waals surface area contributed by atoms with Gasteiger partial charge in [0.05, 0.1) is 0 Å². The highest BCUT2D eigenvalue weighted by atomic mass is 32.1. The second-order valence-corrected chi connectivity index (χ2v) is 5.80. The standard InChI is InChI=1S/C12H19N5O2S/c1-3-10-15-16-12(20-10)14-11(19)13-9-4-6-17(7-5-9)8(2)18/h9H,3-7H2,1-2H3,(H2,13,14,16,19). The summed E-state index contributed by atoms with van der Waals surface area (Å²) in [7, 11) is 0. The van der Waals surface area contributed by atoms with Crippen LogP contribution in [-0.2, 0) is 11.2 Å². The molecule has 7 nitrogen and oxygen atoms in total. The van der Waals surface area contributed by atoms with Crippen molar-refractivity contribution >= 4 is 28.4 Å². The van der Waals surface area contributed by atoms with Gasteiger partial charge in [-0.05, 0) is 19.3 Å². The van der Waals surface area contributed by atoms with Crippen LogP contribution in [0.25, 0.3) is 0 Å². The predicted octanol–water partition coefficient (Wildman–Crippen LogP) is 1.23. The third-order valence-corrected chi connectivity index (χ3v) is 4.25. The van der Waals surface area contributed by atoms with Gasteiger partial charge in [0, 0.05) is 26.1 Å². The van der Waals surface area contributed by atoms with Gasteiger partial charge in [-0.25, -0.2) is 4.79 Å². The average Bonchev–Trinajstić information content (AvgIpc) is 2.86. The number of hydrogen-bond donors (Lipinski definition) is 2. The van der Waals surface area contributed by atoms with E-state index in [4.69, 9.17) is 0 Å². The van der Waals surface area contributed by atoms with Crippen molar-refractivity contribution in [3.05, 3.63) is 5.01 Å². The van der Waals surface area contributed by atoms with Gasteiger partial charge in [0.25, 0.3) is 0 Å². The summed E-state index contributed by atoms with van der Waals surface area (Å²) in [6.07, 6.45) is 2.37. The summed E-state index contributed by atoms with van der Waals surface area (Å²) in [5.74, 6) is 0.0915. The molecule has 0 bridgehead atoms. The topological polar surface area (TPSA) is 87.2 Å². The van der Waals surface area contributed by atoms with Crippen LogP contribution < -0.4 is 10.6 Å². The number of carbonyl (C=O) groups excluding carboxylic acids is 2. The van der Waals surface area contributed by atoms with Crippen molar-refractivity contribution in [3.8, 4) is 0 Å². The van der Waals surface area contributed by atoms with Crippen molar-refractivity contribution in [3.63, 3.8) is 0 Å². The number of nitrogens with one attached hydrogen (secondary N) is 2. The lowest BCUT2D eigenvalue weighted by Gasteiger charge is -2.31. The molecule has 1 fully saturated rings. The zero-order valence-corrected chi connectivity index (χ0v) is 12.5. The van der Waals surface area contributed by atoms with Crippen LogP contribution in [0.5, 0.6) is 0 Å². The molecule has 110 valence electrons. The van der Waals surface area contributed by atoms with E-state index < -0.39 is 0 Å².